The first-order valence-electron chi connectivity index (χ1n) is 8.58. The van der Waals surface area contributed by atoms with E-state index in [0.717, 1.165) is 17.1 Å². The quantitative estimate of drug-likeness (QED) is 0.731. The van der Waals surface area contributed by atoms with Crippen LogP contribution in [0.5, 0.6) is 0 Å². The second kappa shape index (κ2) is 7.36. The van der Waals surface area contributed by atoms with Crippen LogP contribution in [-0.2, 0) is 9.84 Å². The van der Waals surface area contributed by atoms with Gasteiger partial charge in [-0.15, -0.1) is 0 Å². The molecule has 0 bridgehead atoms. The molecule has 0 aliphatic heterocycles. The Kier molecular flexibility index (Phi) is 5.14. The first-order valence-corrected chi connectivity index (χ1v) is 10.2. The van der Waals surface area contributed by atoms with Crippen molar-refractivity contribution < 1.29 is 13.2 Å². The minimum absolute atomic E-state index is 0.0420. The predicted octanol–water partition coefficient (Wildman–Crippen LogP) is 3.54. The molecular formula is C20H21N3O3S. The van der Waals surface area contributed by atoms with E-state index in [9.17, 15) is 13.2 Å². The van der Waals surface area contributed by atoms with Crippen LogP contribution in [0.3, 0.4) is 0 Å². The number of nitrogens with zero attached hydrogens (tertiary/aromatic N) is 2. The van der Waals surface area contributed by atoms with Gasteiger partial charge in [0.05, 0.1) is 22.0 Å². The first kappa shape index (κ1) is 18.8. The zero-order valence-corrected chi connectivity index (χ0v) is 16.2. The zero-order chi connectivity index (χ0) is 19.6. The maximum atomic E-state index is 12.4. The Balaban J connectivity index is 1.74. The Morgan fingerprint density at radius 2 is 1.67 bits per heavy atom. The van der Waals surface area contributed by atoms with Crippen molar-refractivity contribution in [3.8, 4) is 5.69 Å². The van der Waals surface area contributed by atoms with Crippen molar-refractivity contribution in [1.82, 2.24) is 9.78 Å². The summed E-state index contributed by atoms with van der Waals surface area (Å²) in [6, 6.07) is 15.3. The van der Waals surface area contributed by atoms with Crippen LogP contribution in [0, 0.1) is 13.8 Å². The molecule has 0 radical (unpaired) electrons. The number of hydrogen-bond acceptors (Lipinski definition) is 4. The summed E-state index contributed by atoms with van der Waals surface area (Å²) in [7, 11) is -3.25. The molecule has 0 aliphatic rings. The second-order valence-electron chi connectivity index (χ2n) is 6.27. The van der Waals surface area contributed by atoms with Gasteiger partial charge in [0.2, 0.25) is 0 Å². The van der Waals surface area contributed by atoms with Crippen molar-refractivity contribution in [3.05, 3.63) is 71.5 Å². The first-order chi connectivity index (χ1) is 12.8. The van der Waals surface area contributed by atoms with Crippen molar-refractivity contribution >= 4 is 21.4 Å². The van der Waals surface area contributed by atoms with E-state index in [0.29, 0.717) is 11.3 Å². The van der Waals surface area contributed by atoms with Gasteiger partial charge in [-0.25, -0.2) is 13.1 Å². The number of aromatic nitrogens is 2. The van der Waals surface area contributed by atoms with Gasteiger partial charge in [-0.05, 0) is 68.4 Å². The van der Waals surface area contributed by atoms with E-state index >= 15 is 0 Å². The molecular weight excluding hydrogens is 362 g/mol. The number of hydrogen-bond donors (Lipinski definition) is 1. The van der Waals surface area contributed by atoms with Crippen molar-refractivity contribution in [2.24, 2.45) is 0 Å². The van der Waals surface area contributed by atoms with Crippen LogP contribution in [0.15, 0.2) is 59.5 Å². The van der Waals surface area contributed by atoms with Gasteiger partial charge in [-0.2, -0.15) is 5.10 Å². The van der Waals surface area contributed by atoms with Crippen molar-refractivity contribution in [2.75, 3.05) is 11.1 Å². The number of carbonyl (C=O) groups is 1. The van der Waals surface area contributed by atoms with E-state index in [1.54, 1.807) is 31.2 Å². The molecule has 3 aromatic rings. The van der Waals surface area contributed by atoms with Crippen LogP contribution in [0.4, 0.5) is 5.69 Å². The lowest BCUT2D eigenvalue weighted by Gasteiger charge is -2.08. The maximum Gasteiger partial charge on any atom is 0.255 e. The lowest BCUT2D eigenvalue weighted by Crippen LogP contribution is -2.12. The standard InChI is InChI=1S/C20H21N3O3S/c1-4-27(25,26)19-11-7-17(8-12-19)21-20(24)16-5-9-18(10-6-16)23-15(3)13-14(2)22-23/h5-13H,4H2,1-3H3,(H,21,24). The maximum absolute atomic E-state index is 12.4. The van der Waals surface area contributed by atoms with Gasteiger partial charge in [0.15, 0.2) is 9.84 Å². The van der Waals surface area contributed by atoms with Gasteiger partial charge >= 0.3 is 0 Å². The van der Waals surface area contributed by atoms with Crippen LogP contribution in [-0.4, -0.2) is 29.9 Å². The zero-order valence-electron chi connectivity index (χ0n) is 15.4. The number of anilines is 1. The van der Waals surface area contributed by atoms with E-state index in [1.807, 2.05) is 36.7 Å². The van der Waals surface area contributed by atoms with E-state index < -0.39 is 9.84 Å². The van der Waals surface area contributed by atoms with Gasteiger partial charge in [0.1, 0.15) is 0 Å². The third-order valence-electron chi connectivity index (χ3n) is 4.24. The molecule has 0 saturated carbocycles. The minimum atomic E-state index is -3.25. The molecule has 0 atom stereocenters. The summed E-state index contributed by atoms with van der Waals surface area (Å²) in [5.41, 5.74) is 3.88. The molecule has 140 valence electrons. The Labute approximate surface area is 158 Å². The Morgan fingerprint density at radius 1 is 1.04 bits per heavy atom. The van der Waals surface area contributed by atoms with Crippen molar-refractivity contribution in [3.63, 3.8) is 0 Å². The number of aryl methyl sites for hydroxylation is 2. The SMILES string of the molecule is CCS(=O)(=O)c1ccc(NC(=O)c2ccc(-n3nc(C)cc3C)cc2)cc1. The molecule has 3 rings (SSSR count). The molecule has 6 nitrogen and oxygen atoms in total. The third-order valence-corrected chi connectivity index (χ3v) is 5.99. The number of sulfone groups is 1. The summed E-state index contributed by atoms with van der Waals surface area (Å²) in [6.45, 7) is 5.51. The Hall–Kier alpha value is -2.93. The number of nitrogens with one attached hydrogen (secondary N) is 1. The molecule has 0 saturated heterocycles. The highest BCUT2D eigenvalue weighted by Crippen LogP contribution is 2.17. The summed E-state index contributed by atoms with van der Waals surface area (Å²) in [6.07, 6.45) is 0. The van der Waals surface area contributed by atoms with Gasteiger partial charge < -0.3 is 5.32 Å². The third kappa shape index (κ3) is 4.09. The largest absolute Gasteiger partial charge is 0.322 e. The fourth-order valence-corrected chi connectivity index (χ4v) is 3.64. The second-order valence-corrected chi connectivity index (χ2v) is 8.55. The fraction of sp³-hybridized carbons (Fsp3) is 0.200. The van der Waals surface area contributed by atoms with Crippen LogP contribution < -0.4 is 5.32 Å². The lowest BCUT2D eigenvalue weighted by molar-refractivity contribution is 0.102. The van der Waals surface area contributed by atoms with Crippen LogP contribution in [0.25, 0.3) is 5.69 Å². The van der Waals surface area contributed by atoms with Crippen LogP contribution in [0.2, 0.25) is 0 Å². The monoisotopic (exact) mass is 383 g/mol. The highest BCUT2D eigenvalue weighted by atomic mass is 32.2. The summed E-state index contributed by atoms with van der Waals surface area (Å²) in [5.74, 6) is -0.221. The summed E-state index contributed by atoms with van der Waals surface area (Å²) < 4.78 is 25.5. The van der Waals surface area contributed by atoms with Gasteiger partial charge in [0, 0.05) is 16.9 Å². The normalized spacial score (nSPS) is 11.4. The Bertz CT molecular complexity index is 1070. The molecule has 1 N–H and O–H groups in total. The van der Waals surface area contributed by atoms with Crippen molar-refractivity contribution in [1.29, 1.82) is 0 Å². The molecule has 0 spiro atoms. The van der Waals surface area contributed by atoms with Gasteiger partial charge in [-0.3, -0.25) is 4.79 Å². The van der Waals surface area contributed by atoms with E-state index in [2.05, 4.69) is 10.4 Å². The van der Waals surface area contributed by atoms with E-state index in [4.69, 9.17) is 0 Å². The molecule has 7 heteroatoms. The van der Waals surface area contributed by atoms with E-state index in [1.165, 1.54) is 12.1 Å². The molecule has 0 unspecified atom stereocenters. The highest BCUT2D eigenvalue weighted by molar-refractivity contribution is 7.91. The van der Waals surface area contributed by atoms with Gasteiger partial charge in [0.25, 0.3) is 5.91 Å². The van der Waals surface area contributed by atoms with Crippen LogP contribution in [0.1, 0.15) is 28.7 Å². The van der Waals surface area contributed by atoms with Gasteiger partial charge in [-0.1, -0.05) is 6.92 Å². The smallest absolute Gasteiger partial charge is 0.255 e. The molecule has 1 aromatic heterocycles. The molecule has 1 amide bonds. The molecule has 2 aromatic carbocycles. The summed E-state index contributed by atoms with van der Waals surface area (Å²) in [5, 5.41) is 7.20. The van der Waals surface area contributed by atoms with Crippen molar-refractivity contribution in [2.45, 2.75) is 25.7 Å². The summed E-state index contributed by atoms with van der Waals surface area (Å²) in [4.78, 5) is 12.7. The molecule has 1 heterocycles. The summed E-state index contributed by atoms with van der Waals surface area (Å²) >= 11 is 0. The number of carbonyl (C=O) groups excluding carboxylic acids is 1. The number of benzene rings is 2. The lowest BCUT2D eigenvalue weighted by atomic mass is 10.2. The Morgan fingerprint density at radius 3 is 2.19 bits per heavy atom. The average molecular weight is 383 g/mol. The molecule has 0 aliphatic carbocycles. The van der Waals surface area contributed by atoms with E-state index in [-0.39, 0.29) is 16.6 Å². The predicted molar refractivity (Wildman–Crippen MR) is 105 cm³/mol. The number of rotatable bonds is 5. The molecule has 27 heavy (non-hydrogen) atoms. The molecule has 0 fully saturated rings. The number of amides is 1. The highest BCUT2D eigenvalue weighted by Gasteiger charge is 2.12. The fourth-order valence-electron chi connectivity index (χ4n) is 2.76. The topological polar surface area (TPSA) is 81.1 Å². The minimum Gasteiger partial charge on any atom is -0.322 e. The average Bonchev–Trinajstić information content (AvgIpc) is 3.00. The van der Waals surface area contributed by atoms with Crippen LogP contribution >= 0.6 is 0 Å².